The third kappa shape index (κ3) is 7.57. The van der Waals surface area contributed by atoms with Crippen molar-refractivity contribution in [2.75, 3.05) is 32.0 Å². The zero-order chi connectivity index (χ0) is 32.3. The van der Waals surface area contributed by atoms with Crippen molar-refractivity contribution in [2.24, 2.45) is 0 Å². The van der Waals surface area contributed by atoms with Crippen LogP contribution >= 0.6 is 30.8 Å². The van der Waals surface area contributed by atoms with E-state index in [2.05, 4.69) is 14.8 Å². The fraction of sp³-hybridized carbons (Fsp3) is 0.250. The standard InChI is InChI=1S/C28H28ClN6O8PS2/c29-20-6-8-23(9-7-20)46(39,40)34-12-2-4-21(16-34)31-27-30-11-10-24(32-27)26-25(33-28-35(26)13-14-45-28)19-3-1-5-22(15-19)42-17-41-18-43-44(36,37)38/h1,3,5-11,13-15,21H,2,4,12,16-18H2,(H,30,31,32)(H2,36,37,38). The van der Waals surface area contributed by atoms with Crippen LogP contribution in [0.5, 0.6) is 5.75 Å². The number of thiazole rings is 1. The lowest BCUT2D eigenvalue weighted by molar-refractivity contribution is -0.0623. The highest BCUT2D eigenvalue weighted by Gasteiger charge is 2.31. The summed E-state index contributed by atoms with van der Waals surface area (Å²) < 4.78 is 55.6. The monoisotopic (exact) mass is 706 g/mol. The first-order valence-corrected chi connectivity index (χ1v) is 18.1. The number of ether oxygens (including phenoxy) is 2. The number of phosphoric acid groups is 1. The number of phosphoric ester groups is 1. The van der Waals surface area contributed by atoms with E-state index in [4.69, 9.17) is 40.8 Å². The minimum absolute atomic E-state index is 0.194. The summed E-state index contributed by atoms with van der Waals surface area (Å²) in [5.41, 5.74) is 2.70. The molecule has 0 radical (unpaired) electrons. The topological polar surface area (TPSA) is 178 Å². The highest BCUT2D eigenvalue weighted by atomic mass is 35.5. The fourth-order valence-electron chi connectivity index (χ4n) is 4.99. The predicted octanol–water partition coefficient (Wildman–Crippen LogP) is 4.86. The van der Waals surface area contributed by atoms with Gasteiger partial charge in [0.2, 0.25) is 16.0 Å². The number of halogens is 1. The van der Waals surface area contributed by atoms with Crippen LogP contribution < -0.4 is 10.1 Å². The van der Waals surface area contributed by atoms with Gasteiger partial charge in [0.15, 0.2) is 18.5 Å². The molecular weight excluding hydrogens is 679 g/mol. The van der Waals surface area contributed by atoms with Crippen molar-refractivity contribution in [3.05, 3.63) is 77.4 Å². The van der Waals surface area contributed by atoms with Gasteiger partial charge in [-0.05, 0) is 55.3 Å². The number of hydrogen-bond acceptors (Lipinski definition) is 11. The van der Waals surface area contributed by atoms with Gasteiger partial charge in [-0.3, -0.25) is 8.92 Å². The number of aromatic nitrogens is 4. The van der Waals surface area contributed by atoms with E-state index in [1.165, 1.54) is 27.8 Å². The molecule has 1 unspecified atom stereocenters. The number of benzene rings is 2. The van der Waals surface area contributed by atoms with Gasteiger partial charge in [-0.2, -0.15) is 4.31 Å². The molecule has 1 aliphatic heterocycles. The van der Waals surface area contributed by atoms with Crippen LogP contribution in [0.1, 0.15) is 12.8 Å². The molecule has 0 saturated carbocycles. The fourth-order valence-corrected chi connectivity index (χ4v) is 7.57. The van der Waals surface area contributed by atoms with Gasteiger partial charge in [-0.25, -0.2) is 27.9 Å². The maximum absolute atomic E-state index is 13.3. The quantitative estimate of drug-likeness (QED) is 0.0914. The van der Waals surface area contributed by atoms with Crippen molar-refractivity contribution in [3.63, 3.8) is 0 Å². The summed E-state index contributed by atoms with van der Waals surface area (Å²) >= 11 is 7.42. The first-order chi connectivity index (χ1) is 22.1. The lowest BCUT2D eigenvalue weighted by Crippen LogP contribution is -2.45. The van der Waals surface area contributed by atoms with Crippen molar-refractivity contribution in [3.8, 4) is 28.4 Å². The number of fused-ring (bicyclic) bond motifs is 1. The van der Waals surface area contributed by atoms with Crippen LogP contribution in [0.4, 0.5) is 5.95 Å². The van der Waals surface area contributed by atoms with Gasteiger partial charge < -0.3 is 24.6 Å². The Morgan fingerprint density at radius 3 is 2.74 bits per heavy atom. The molecule has 0 bridgehead atoms. The molecule has 0 spiro atoms. The second-order valence-electron chi connectivity index (χ2n) is 10.2. The molecule has 0 amide bonds. The lowest BCUT2D eigenvalue weighted by Gasteiger charge is -2.32. The Morgan fingerprint density at radius 2 is 1.93 bits per heavy atom. The molecule has 0 aliphatic carbocycles. The highest BCUT2D eigenvalue weighted by Crippen LogP contribution is 2.36. The van der Waals surface area contributed by atoms with E-state index >= 15 is 0 Å². The SMILES string of the molecule is O=P(O)(O)OCOCOc1cccc(-c2nc3sccn3c2-c2ccnc(NC3CCCN(S(=O)(=O)c4ccc(Cl)cc4)C3)n2)c1. The highest BCUT2D eigenvalue weighted by molar-refractivity contribution is 7.89. The van der Waals surface area contributed by atoms with Crippen molar-refractivity contribution >= 4 is 51.7 Å². The summed E-state index contributed by atoms with van der Waals surface area (Å²) in [6.45, 7) is -0.260. The molecule has 1 fully saturated rings. The van der Waals surface area contributed by atoms with Crippen molar-refractivity contribution in [1.82, 2.24) is 23.7 Å². The zero-order valence-corrected chi connectivity index (χ0v) is 27.3. The average Bonchev–Trinajstić information content (AvgIpc) is 3.63. The van der Waals surface area contributed by atoms with Crippen LogP contribution in [0, 0.1) is 0 Å². The third-order valence-corrected chi connectivity index (χ3v) is 10.4. The summed E-state index contributed by atoms with van der Waals surface area (Å²) in [5.74, 6) is 0.799. The van der Waals surface area contributed by atoms with Gasteiger partial charge in [0.25, 0.3) is 0 Å². The van der Waals surface area contributed by atoms with Crippen molar-refractivity contribution < 1.29 is 36.8 Å². The van der Waals surface area contributed by atoms with E-state index in [1.807, 2.05) is 22.0 Å². The molecule has 14 nitrogen and oxygen atoms in total. The number of nitrogens with one attached hydrogen (secondary N) is 1. The van der Waals surface area contributed by atoms with Crippen LogP contribution in [0.3, 0.4) is 0 Å². The van der Waals surface area contributed by atoms with Crippen LogP contribution in [0.25, 0.3) is 27.6 Å². The smallest absolute Gasteiger partial charge is 0.467 e. The lowest BCUT2D eigenvalue weighted by atomic mass is 10.1. The maximum Gasteiger partial charge on any atom is 0.471 e. The first-order valence-electron chi connectivity index (χ1n) is 13.9. The van der Waals surface area contributed by atoms with E-state index in [1.54, 1.807) is 42.6 Å². The summed E-state index contributed by atoms with van der Waals surface area (Å²) in [5, 5.41) is 5.72. The van der Waals surface area contributed by atoms with Crippen molar-refractivity contribution in [1.29, 1.82) is 0 Å². The Kier molecular flexibility index (Phi) is 9.70. The minimum Gasteiger partial charge on any atom is -0.467 e. The Morgan fingerprint density at radius 1 is 1.11 bits per heavy atom. The molecule has 1 aliphatic rings. The Bertz CT molecular complexity index is 1990. The molecule has 6 rings (SSSR count). The van der Waals surface area contributed by atoms with E-state index in [9.17, 15) is 13.0 Å². The maximum atomic E-state index is 13.3. The summed E-state index contributed by atoms with van der Waals surface area (Å²) in [7, 11) is -8.33. The molecule has 46 heavy (non-hydrogen) atoms. The number of rotatable bonds is 12. The average molecular weight is 707 g/mol. The number of nitrogens with zero attached hydrogens (tertiary/aromatic N) is 5. The summed E-state index contributed by atoms with van der Waals surface area (Å²) in [4.78, 5) is 32.5. The number of hydrogen-bond donors (Lipinski definition) is 3. The molecule has 18 heteroatoms. The molecule has 5 aromatic rings. The number of sulfonamides is 1. The number of imidazole rings is 1. The molecule has 1 saturated heterocycles. The van der Waals surface area contributed by atoms with Crippen LogP contribution in [-0.2, 0) is 23.8 Å². The molecular formula is C28H28ClN6O8PS2. The van der Waals surface area contributed by atoms with Crippen LogP contribution in [0.2, 0.25) is 5.02 Å². The molecule has 3 N–H and O–H groups in total. The van der Waals surface area contributed by atoms with Gasteiger partial charge in [-0.15, -0.1) is 11.3 Å². The Hall–Kier alpha value is -3.44. The van der Waals surface area contributed by atoms with Gasteiger partial charge in [-0.1, -0.05) is 23.7 Å². The van der Waals surface area contributed by atoms with Gasteiger partial charge in [0.05, 0.1) is 16.3 Å². The van der Waals surface area contributed by atoms with Crippen LogP contribution in [0.15, 0.2) is 77.3 Å². The molecule has 242 valence electrons. The van der Waals surface area contributed by atoms with Crippen molar-refractivity contribution in [2.45, 2.75) is 23.8 Å². The predicted molar refractivity (Wildman–Crippen MR) is 171 cm³/mol. The number of piperidine rings is 1. The number of anilines is 1. The Balaban J connectivity index is 1.20. The van der Waals surface area contributed by atoms with E-state index < -0.39 is 24.6 Å². The van der Waals surface area contributed by atoms with E-state index in [-0.39, 0.29) is 24.3 Å². The normalized spacial score (nSPS) is 16.1. The second kappa shape index (κ2) is 13.7. The van der Waals surface area contributed by atoms with Gasteiger partial charge in [0.1, 0.15) is 11.4 Å². The summed E-state index contributed by atoms with van der Waals surface area (Å²) in [6.07, 6.45) is 4.96. The molecule has 4 heterocycles. The first kappa shape index (κ1) is 32.5. The largest absolute Gasteiger partial charge is 0.471 e. The van der Waals surface area contributed by atoms with E-state index in [0.717, 1.165) is 22.6 Å². The van der Waals surface area contributed by atoms with E-state index in [0.29, 0.717) is 41.1 Å². The minimum atomic E-state index is -4.64. The second-order valence-corrected chi connectivity index (χ2v) is 14.6. The van der Waals surface area contributed by atoms with Gasteiger partial charge >= 0.3 is 7.82 Å². The van der Waals surface area contributed by atoms with Crippen LogP contribution in [-0.4, -0.2) is 74.6 Å². The molecule has 1 atom stereocenters. The zero-order valence-electron chi connectivity index (χ0n) is 24.0. The Labute approximate surface area is 272 Å². The summed E-state index contributed by atoms with van der Waals surface area (Å²) in [6, 6.07) is 14.9. The molecule has 3 aromatic heterocycles. The molecule has 2 aromatic carbocycles. The van der Waals surface area contributed by atoms with Gasteiger partial charge in [0, 0.05) is 47.5 Å². The third-order valence-electron chi connectivity index (χ3n) is 7.05.